The Hall–Kier alpha value is -3.01. The number of nitrogens with zero attached hydrogens (tertiary/aromatic N) is 5. The molecule has 156 valence electrons. The summed E-state index contributed by atoms with van der Waals surface area (Å²) < 4.78 is 53.2. The maximum absolute atomic E-state index is 13.3. The molecule has 2 aliphatic rings. The SMILES string of the molecule is COc1nc(-c2cnc3c(c2)C(C(F)(F)F)=CC3)nc2c1nc1n2CCOC1(C)C. The zero-order chi connectivity index (χ0) is 21.3. The molecule has 0 atom stereocenters. The number of fused-ring (bicyclic) bond motifs is 4. The van der Waals surface area contributed by atoms with E-state index in [1.807, 2.05) is 18.4 Å². The fourth-order valence-corrected chi connectivity index (χ4v) is 3.96. The van der Waals surface area contributed by atoms with Crippen molar-refractivity contribution < 1.29 is 22.6 Å². The van der Waals surface area contributed by atoms with E-state index in [0.29, 0.717) is 41.4 Å². The van der Waals surface area contributed by atoms with E-state index in [9.17, 15) is 13.2 Å². The van der Waals surface area contributed by atoms with E-state index in [-0.39, 0.29) is 23.7 Å². The second kappa shape index (κ2) is 6.24. The minimum atomic E-state index is -4.44. The standard InChI is InChI=1S/C20H18F3N5O2/c1-19(2)18-25-14-16(28(18)6-7-30-19)26-15(27-17(14)29-3)10-8-11-12(20(21,22)23)4-5-13(11)24-9-10/h4,8-9H,5-7H2,1-3H3. The van der Waals surface area contributed by atoms with E-state index in [4.69, 9.17) is 9.47 Å². The molecule has 30 heavy (non-hydrogen) atoms. The number of rotatable bonds is 2. The van der Waals surface area contributed by atoms with Crippen LogP contribution >= 0.6 is 0 Å². The number of aromatic nitrogens is 5. The van der Waals surface area contributed by atoms with Gasteiger partial charge in [-0.15, -0.1) is 0 Å². The van der Waals surface area contributed by atoms with Gasteiger partial charge < -0.3 is 14.0 Å². The molecule has 0 bridgehead atoms. The van der Waals surface area contributed by atoms with Gasteiger partial charge in [-0.3, -0.25) is 4.98 Å². The molecule has 0 amide bonds. The molecule has 4 heterocycles. The first kappa shape index (κ1) is 19.0. The van der Waals surface area contributed by atoms with Crippen LogP contribution in [-0.2, 0) is 23.3 Å². The molecule has 0 spiro atoms. The zero-order valence-electron chi connectivity index (χ0n) is 16.5. The second-order valence-electron chi connectivity index (χ2n) is 7.71. The van der Waals surface area contributed by atoms with Crippen molar-refractivity contribution in [3.63, 3.8) is 0 Å². The highest BCUT2D eigenvalue weighted by Gasteiger charge is 2.39. The first-order valence-electron chi connectivity index (χ1n) is 9.43. The van der Waals surface area contributed by atoms with Crippen molar-refractivity contribution in [2.45, 2.75) is 38.6 Å². The maximum Gasteiger partial charge on any atom is 0.416 e. The Morgan fingerprint density at radius 1 is 1.20 bits per heavy atom. The molecule has 3 aromatic rings. The molecule has 0 fully saturated rings. The summed E-state index contributed by atoms with van der Waals surface area (Å²) in [5.41, 5.74) is 0.585. The Bertz CT molecular complexity index is 1210. The summed E-state index contributed by atoms with van der Waals surface area (Å²) in [5, 5.41) is 0. The lowest BCUT2D eigenvalue weighted by molar-refractivity contribution is -0.0688. The summed E-state index contributed by atoms with van der Waals surface area (Å²) in [5.74, 6) is 1.18. The highest BCUT2D eigenvalue weighted by molar-refractivity contribution is 5.82. The van der Waals surface area contributed by atoms with E-state index in [2.05, 4.69) is 19.9 Å². The number of methoxy groups -OCH3 is 1. The number of pyridine rings is 1. The summed E-state index contributed by atoms with van der Waals surface area (Å²) in [4.78, 5) is 17.9. The number of allylic oxidation sites excluding steroid dienone is 2. The van der Waals surface area contributed by atoms with E-state index < -0.39 is 17.4 Å². The van der Waals surface area contributed by atoms with Gasteiger partial charge >= 0.3 is 6.18 Å². The van der Waals surface area contributed by atoms with Crippen LogP contribution in [0.3, 0.4) is 0 Å². The Morgan fingerprint density at radius 3 is 2.73 bits per heavy atom. The molecule has 3 aromatic heterocycles. The van der Waals surface area contributed by atoms with E-state index in [1.54, 1.807) is 0 Å². The zero-order valence-corrected chi connectivity index (χ0v) is 16.5. The summed E-state index contributed by atoms with van der Waals surface area (Å²) in [6, 6.07) is 1.44. The molecule has 0 radical (unpaired) electrons. The maximum atomic E-state index is 13.3. The van der Waals surface area contributed by atoms with Crippen LogP contribution in [-0.4, -0.2) is 44.4 Å². The quantitative estimate of drug-likeness (QED) is 0.634. The van der Waals surface area contributed by atoms with Gasteiger partial charge in [0.05, 0.1) is 25.0 Å². The van der Waals surface area contributed by atoms with Crippen LogP contribution in [0.15, 0.2) is 18.3 Å². The van der Waals surface area contributed by atoms with Crippen molar-refractivity contribution in [3.8, 4) is 17.3 Å². The highest BCUT2D eigenvalue weighted by atomic mass is 19.4. The van der Waals surface area contributed by atoms with Crippen LogP contribution in [0.2, 0.25) is 0 Å². The third-order valence-corrected chi connectivity index (χ3v) is 5.40. The molecule has 0 aromatic carbocycles. The lowest BCUT2D eigenvalue weighted by Gasteiger charge is -2.30. The van der Waals surface area contributed by atoms with Crippen molar-refractivity contribution >= 4 is 16.7 Å². The third kappa shape index (κ3) is 2.78. The molecule has 7 nitrogen and oxygen atoms in total. The van der Waals surface area contributed by atoms with Crippen LogP contribution in [0.1, 0.15) is 30.9 Å². The number of hydrogen-bond donors (Lipinski definition) is 0. The minimum absolute atomic E-state index is 0.0625. The first-order chi connectivity index (χ1) is 14.2. The number of imidazole rings is 1. The van der Waals surface area contributed by atoms with Crippen molar-refractivity contribution in [3.05, 3.63) is 35.4 Å². The summed E-state index contributed by atoms with van der Waals surface area (Å²) in [6.45, 7) is 4.88. The van der Waals surface area contributed by atoms with Gasteiger partial charge in [0.15, 0.2) is 17.0 Å². The highest BCUT2D eigenvalue weighted by Crippen LogP contribution is 2.40. The molecule has 0 saturated heterocycles. The molecular formula is C20H18F3N5O2. The monoisotopic (exact) mass is 417 g/mol. The fourth-order valence-electron chi connectivity index (χ4n) is 3.96. The predicted molar refractivity (Wildman–Crippen MR) is 102 cm³/mol. The first-order valence-corrected chi connectivity index (χ1v) is 9.43. The van der Waals surface area contributed by atoms with Crippen molar-refractivity contribution in [2.24, 2.45) is 0 Å². The van der Waals surface area contributed by atoms with Gasteiger partial charge in [0.2, 0.25) is 5.88 Å². The lowest BCUT2D eigenvalue weighted by Crippen LogP contribution is -2.33. The molecule has 1 aliphatic heterocycles. The summed E-state index contributed by atoms with van der Waals surface area (Å²) in [6.07, 6.45) is -1.64. The Morgan fingerprint density at radius 2 is 2.00 bits per heavy atom. The van der Waals surface area contributed by atoms with Gasteiger partial charge in [0, 0.05) is 30.3 Å². The molecule has 1 aliphatic carbocycles. The predicted octanol–water partition coefficient (Wildman–Crippen LogP) is 3.66. The Kier molecular flexibility index (Phi) is 3.95. The van der Waals surface area contributed by atoms with Crippen LogP contribution in [0.25, 0.3) is 28.1 Å². The van der Waals surface area contributed by atoms with Crippen LogP contribution < -0.4 is 4.74 Å². The minimum Gasteiger partial charge on any atom is -0.479 e. The van der Waals surface area contributed by atoms with E-state index >= 15 is 0 Å². The number of hydrogen-bond acceptors (Lipinski definition) is 6. The molecule has 0 saturated carbocycles. The van der Waals surface area contributed by atoms with Gasteiger partial charge in [0.25, 0.3) is 0 Å². The molecular weight excluding hydrogens is 399 g/mol. The van der Waals surface area contributed by atoms with Gasteiger partial charge in [-0.25, -0.2) is 9.97 Å². The van der Waals surface area contributed by atoms with Crippen molar-refractivity contribution in [1.29, 1.82) is 0 Å². The van der Waals surface area contributed by atoms with Gasteiger partial charge in [-0.2, -0.15) is 18.2 Å². The lowest BCUT2D eigenvalue weighted by atomic mass is 10.1. The van der Waals surface area contributed by atoms with Gasteiger partial charge in [-0.05, 0) is 19.9 Å². The van der Waals surface area contributed by atoms with E-state index in [0.717, 1.165) is 6.08 Å². The fraction of sp³-hybridized carbons (Fsp3) is 0.400. The molecule has 10 heteroatoms. The van der Waals surface area contributed by atoms with Crippen molar-refractivity contribution in [2.75, 3.05) is 13.7 Å². The summed E-state index contributed by atoms with van der Waals surface area (Å²) >= 11 is 0. The largest absolute Gasteiger partial charge is 0.479 e. The normalized spacial score (nSPS) is 17.6. The molecule has 0 unspecified atom stereocenters. The summed E-state index contributed by atoms with van der Waals surface area (Å²) in [7, 11) is 1.47. The smallest absolute Gasteiger partial charge is 0.416 e. The molecule has 5 rings (SSSR count). The van der Waals surface area contributed by atoms with Crippen LogP contribution in [0, 0.1) is 0 Å². The second-order valence-corrected chi connectivity index (χ2v) is 7.71. The van der Waals surface area contributed by atoms with E-state index in [1.165, 1.54) is 19.4 Å². The average Bonchev–Trinajstić information content (AvgIpc) is 3.28. The van der Waals surface area contributed by atoms with Crippen LogP contribution in [0.4, 0.5) is 13.2 Å². The average molecular weight is 417 g/mol. The number of ether oxygens (including phenoxy) is 2. The number of halogens is 3. The Balaban J connectivity index is 1.69. The molecule has 0 N–H and O–H groups in total. The van der Waals surface area contributed by atoms with Crippen molar-refractivity contribution in [1.82, 2.24) is 24.5 Å². The topological polar surface area (TPSA) is 75.0 Å². The van der Waals surface area contributed by atoms with Crippen LogP contribution in [0.5, 0.6) is 5.88 Å². The van der Waals surface area contributed by atoms with Gasteiger partial charge in [0.1, 0.15) is 11.4 Å². The third-order valence-electron chi connectivity index (χ3n) is 5.40. The van der Waals surface area contributed by atoms with Gasteiger partial charge in [-0.1, -0.05) is 6.08 Å². The number of alkyl halides is 3. The Labute approximate surface area is 169 Å².